The van der Waals surface area contributed by atoms with E-state index in [0.717, 1.165) is 11.1 Å². The summed E-state index contributed by atoms with van der Waals surface area (Å²) in [5, 5.41) is 0. The van der Waals surface area contributed by atoms with Crippen molar-refractivity contribution in [3.8, 4) is 0 Å². The second-order valence-corrected chi connectivity index (χ2v) is 4.63. The highest BCUT2D eigenvalue weighted by molar-refractivity contribution is 5.26. The summed E-state index contributed by atoms with van der Waals surface area (Å²) in [6.07, 6.45) is 3.92. The van der Waals surface area contributed by atoms with Gasteiger partial charge in [0.15, 0.2) is 0 Å². The van der Waals surface area contributed by atoms with Crippen LogP contribution in [0.4, 0.5) is 0 Å². The Morgan fingerprint density at radius 3 is 2.68 bits per heavy atom. The fourth-order valence-corrected chi connectivity index (χ4v) is 2.25. The van der Waals surface area contributed by atoms with Gasteiger partial charge in [-0.15, -0.1) is 0 Å². The van der Waals surface area contributed by atoms with Crippen molar-refractivity contribution in [1.82, 2.24) is 4.57 Å². The van der Waals surface area contributed by atoms with Gasteiger partial charge in [-0.05, 0) is 23.3 Å². The first-order chi connectivity index (χ1) is 9.33. The van der Waals surface area contributed by atoms with Crippen molar-refractivity contribution >= 4 is 0 Å². The van der Waals surface area contributed by atoms with Crippen LogP contribution in [-0.4, -0.2) is 11.2 Å². The summed E-state index contributed by atoms with van der Waals surface area (Å²) in [6, 6.07) is 15.3. The largest absolute Gasteiger partial charge is 0.365 e. The van der Waals surface area contributed by atoms with E-state index in [4.69, 9.17) is 4.74 Å². The third-order valence-corrected chi connectivity index (χ3v) is 3.24. The Bertz CT molecular complexity index is 643. The number of benzene rings is 1. The smallest absolute Gasteiger partial charge is 0.250 e. The van der Waals surface area contributed by atoms with Crippen LogP contribution >= 0.6 is 0 Å². The Labute approximate surface area is 111 Å². The molecule has 1 atom stereocenters. The average Bonchev–Trinajstić information content (AvgIpc) is 2.91. The van der Waals surface area contributed by atoms with Crippen LogP contribution in [0.5, 0.6) is 0 Å². The second kappa shape index (κ2) is 5.24. The van der Waals surface area contributed by atoms with Gasteiger partial charge in [-0.2, -0.15) is 0 Å². The highest BCUT2D eigenvalue weighted by atomic mass is 16.5. The lowest BCUT2D eigenvalue weighted by molar-refractivity contribution is 0.125. The molecule has 96 valence electrons. The molecule has 0 fully saturated rings. The van der Waals surface area contributed by atoms with Crippen LogP contribution in [-0.2, 0) is 11.3 Å². The van der Waals surface area contributed by atoms with Crippen LogP contribution in [0.2, 0.25) is 0 Å². The number of aromatic nitrogens is 1. The monoisotopic (exact) mass is 253 g/mol. The van der Waals surface area contributed by atoms with Crippen molar-refractivity contribution in [1.29, 1.82) is 0 Å². The van der Waals surface area contributed by atoms with Gasteiger partial charge >= 0.3 is 0 Å². The maximum atomic E-state index is 11.7. The molecule has 1 aliphatic heterocycles. The molecular weight excluding hydrogens is 238 g/mol. The molecule has 0 N–H and O–H groups in total. The summed E-state index contributed by atoms with van der Waals surface area (Å²) in [5.41, 5.74) is 2.31. The van der Waals surface area contributed by atoms with Crippen LogP contribution in [0.1, 0.15) is 11.7 Å². The highest BCUT2D eigenvalue weighted by Gasteiger charge is 2.17. The number of nitrogens with zero attached hydrogens (tertiary/aromatic N) is 1. The summed E-state index contributed by atoms with van der Waals surface area (Å²) in [7, 11) is 0. The normalized spacial score (nSPS) is 18.3. The van der Waals surface area contributed by atoms with E-state index in [2.05, 4.69) is 18.2 Å². The fraction of sp³-hybridized carbons (Fsp3) is 0.188. The van der Waals surface area contributed by atoms with Crippen LogP contribution in [0, 0.1) is 0 Å². The molecule has 19 heavy (non-hydrogen) atoms. The molecule has 2 aromatic rings. The van der Waals surface area contributed by atoms with Crippen molar-refractivity contribution in [2.75, 3.05) is 6.61 Å². The summed E-state index contributed by atoms with van der Waals surface area (Å²) in [4.78, 5) is 11.7. The summed E-state index contributed by atoms with van der Waals surface area (Å²) < 4.78 is 7.45. The van der Waals surface area contributed by atoms with E-state index < -0.39 is 0 Å². The molecule has 0 unspecified atom stereocenters. The molecule has 0 bridgehead atoms. The predicted molar refractivity (Wildman–Crippen MR) is 73.9 cm³/mol. The van der Waals surface area contributed by atoms with Gasteiger partial charge in [-0.3, -0.25) is 4.79 Å². The molecule has 0 radical (unpaired) electrons. The Morgan fingerprint density at radius 1 is 1.11 bits per heavy atom. The maximum absolute atomic E-state index is 11.7. The third-order valence-electron chi connectivity index (χ3n) is 3.24. The first-order valence-corrected chi connectivity index (χ1v) is 6.34. The number of rotatable bonds is 3. The maximum Gasteiger partial charge on any atom is 0.250 e. The van der Waals surface area contributed by atoms with Crippen molar-refractivity contribution in [2.24, 2.45) is 0 Å². The zero-order valence-corrected chi connectivity index (χ0v) is 10.5. The molecular formula is C16H15NO2. The lowest BCUT2D eigenvalue weighted by atomic mass is 10.1. The van der Waals surface area contributed by atoms with Gasteiger partial charge in [0, 0.05) is 18.8 Å². The van der Waals surface area contributed by atoms with Crippen LogP contribution < -0.4 is 5.56 Å². The van der Waals surface area contributed by atoms with Crippen LogP contribution in [0.25, 0.3) is 0 Å². The minimum atomic E-state index is 0.00983. The minimum absolute atomic E-state index is 0.00983. The van der Waals surface area contributed by atoms with E-state index in [0.29, 0.717) is 13.2 Å². The SMILES string of the molecule is O=c1ccccn1CC1=C[C@@H](c2ccccc2)OC1. The molecule has 3 heteroatoms. The molecule has 0 spiro atoms. The fourth-order valence-electron chi connectivity index (χ4n) is 2.25. The molecule has 0 saturated heterocycles. The Hall–Kier alpha value is -2.13. The van der Waals surface area contributed by atoms with Gasteiger partial charge in [-0.25, -0.2) is 0 Å². The topological polar surface area (TPSA) is 31.2 Å². The lowest BCUT2D eigenvalue weighted by Crippen LogP contribution is -2.19. The molecule has 0 saturated carbocycles. The summed E-state index contributed by atoms with van der Waals surface area (Å²) in [5.74, 6) is 0. The number of ether oxygens (including phenoxy) is 1. The molecule has 0 amide bonds. The highest BCUT2D eigenvalue weighted by Crippen LogP contribution is 2.26. The van der Waals surface area contributed by atoms with Gasteiger partial charge in [-0.1, -0.05) is 36.4 Å². The number of pyridine rings is 1. The molecule has 3 rings (SSSR count). The van der Waals surface area contributed by atoms with Crippen molar-refractivity contribution in [3.63, 3.8) is 0 Å². The Morgan fingerprint density at radius 2 is 1.89 bits per heavy atom. The molecule has 3 nitrogen and oxygen atoms in total. The minimum Gasteiger partial charge on any atom is -0.365 e. The van der Waals surface area contributed by atoms with Gasteiger partial charge in [0.05, 0.1) is 6.61 Å². The van der Waals surface area contributed by atoms with Gasteiger partial charge in [0.2, 0.25) is 0 Å². The van der Waals surface area contributed by atoms with Crippen molar-refractivity contribution in [2.45, 2.75) is 12.6 Å². The van der Waals surface area contributed by atoms with E-state index in [9.17, 15) is 4.79 Å². The number of hydrogen-bond donors (Lipinski definition) is 0. The molecule has 2 heterocycles. The quantitative estimate of drug-likeness (QED) is 0.787. The zero-order chi connectivity index (χ0) is 13.1. The van der Waals surface area contributed by atoms with Gasteiger partial charge in [0.25, 0.3) is 5.56 Å². The summed E-state index contributed by atoms with van der Waals surface area (Å²) >= 11 is 0. The van der Waals surface area contributed by atoms with E-state index in [1.165, 1.54) is 0 Å². The van der Waals surface area contributed by atoms with Gasteiger partial charge < -0.3 is 9.30 Å². The molecule has 1 aliphatic rings. The first kappa shape index (κ1) is 11.9. The van der Waals surface area contributed by atoms with Crippen molar-refractivity contribution < 1.29 is 4.74 Å². The van der Waals surface area contributed by atoms with E-state index in [-0.39, 0.29) is 11.7 Å². The Kier molecular flexibility index (Phi) is 3.29. The van der Waals surface area contributed by atoms with Crippen molar-refractivity contribution in [3.05, 3.63) is 82.3 Å². The average molecular weight is 253 g/mol. The standard InChI is InChI=1S/C16H15NO2/c18-16-8-4-5-9-17(16)11-13-10-15(19-12-13)14-6-2-1-3-7-14/h1-10,15H,11-12H2/t15-/m0/s1. The molecule has 0 aliphatic carbocycles. The predicted octanol–water partition coefficient (Wildman–Crippen LogP) is 2.55. The summed E-state index contributed by atoms with van der Waals surface area (Å²) in [6.45, 7) is 1.18. The van der Waals surface area contributed by atoms with E-state index >= 15 is 0 Å². The number of hydrogen-bond acceptors (Lipinski definition) is 2. The lowest BCUT2D eigenvalue weighted by Gasteiger charge is -2.06. The van der Waals surface area contributed by atoms with E-state index in [1.54, 1.807) is 22.9 Å². The third kappa shape index (κ3) is 2.66. The van der Waals surface area contributed by atoms with E-state index in [1.807, 2.05) is 24.3 Å². The first-order valence-electron chi connectivity index (χ1n) is 6.34. The molecule has 1 aromatic heterocycles. The van der Waals surface area contributed by atoms with Crippen LogP contribution in [0.15, 0.2) is 71.2 Å². The second-order valence-electron chi connectivity index (χ2n) is 4.63. The molecule has 1 aromatic carbocycles. The van der Waals surface area contributed by atoms with Crippen LogP contribution in [0.3, 0.4) is 0 Å². The zero-order valence-electron chi connectivity index (χ0n) is 10.5. The van der Waals surface area contributed by atoms with Gasteiger partial charge in [0.1, 0.15) is 6.10 Å². The Balaban J connectivity index is 1.78.